The highest BCUT2D eigenvalue weighted by Gasteiger charge is 2.51. The number of carboxylic acids is 1. The molecule has 0 amide bonds. The first-order valence-electron chi connectivity index (χ1n) is 22.6. The summed E-state index contributed by atoms with van der Waals surface area (Å²) in [6.07, 6.45) is -2.88. The first kappa shape index (κ1) is 55.5. The minimum atomic E-state index is -1.88. The summed E-state index contributed by atoms with van der Waals surface area (Å²) in [5, 5.41) is 95.5. The predicted octanol–water partition coefficient (Wildman–Crippen LogP) is 1.23. The molecule has 382 valence electrons. The van der Waals surface area contributed by atoms with Crippen LogP contribution >= 0.6 is 0 Å². The SMILES string of the molecule is CC(=O)OC(CCCC=CC=CC=CC=CC=Cc1ccc(OC2OC(COC3OC(C)C(O)C(OC4OC(COC(=O)C=Cc5ccccc5)C(O)C(O)C4O)C3O)C(O)C(O)C2O)cc1)C(=O)O. The number of ether oxygens (including phenoxy) is 8. The van der Waals surface area contributed by atoms with E-state index < -0.39 is 129 Å². The number of carboxylic acid groups (broad SMARTS) is 1. The van der Waals surface area contributed by atoms with E-state index in [-0.39, 0.29) is 12.2 Å². The minimum absolute atomic E-state index is 0.227. The van der Waals surface area contributed by atoms with E-state index >= 15 is 0 Å². The van der Waals surface area contributed by atoms with E-state index in [1.165, 1.54) is 19.9 Å². The van der Waals surface area contributed by atoms with Crippen LogP contribution in [-0.4, -0.2) is 175 Å². The molecule has 2 aromatic rings. The van der Waals surface area contributed by atoms with Crippen LogP contribution in [0.4, 0.5) is 0 Å². The average Bonchev–Trinajstić information content (AvgIpc) is 3.34. The number of carbonyl (C=O) groups is 3. The van der Waals surface area contributed by atoms with Crippen LogP contribution in [0.2, 0.25) is 0 Å². The molecular weight excluding hydrogens is 921 g/mol. The molecule has 0 saturated carbocycles. The van der Waals surface area contributed by atoms with Crippen LogP contribution in [0.3, 0.4) is 0 Å². The quantitative estimate of drug-likeness (QED) is 0.0347. The lowest BCUT2D eigenvalue weighted by Crippen LogP contribution is -2.64. The first-order valence-corrected chi connectivity index (χ1v) is 22.6. The molecule has 3 fully saturated rings. The molecule has 3 saturated heterocycles. The molecule has 2 aromatic carbocycles. The van der Waals surface area contributed by atoms with Gasteiger partial charge in [-0.2, -0.15) is 0 Å². The van der Waals surface area contributed by atoms with Gasteiger partial charge >= 0.3 is 17.9 Å². The third-order valence-electron chi connectivity index (χ3n) is 11.2. The average molecular weight is 983 g/mol. The highest BCUT2D eigenvalue weighted by molar-refractivity contribution is 5.87. The Morgan fingerprint density at radius 2 is 1.21 bits per heavy atom. The van der Waals surface area contributed by atoms with E-state index in [4.69, 9.17) is 43.0 Å². The lowest BCUT2D eigenvalue weighted by molar-refractivity contribution is -0.361. The molecule has 9 N–H and O–H groups in total. The van der Waals surface area contributed by atoms with Gasteiger partial charge in [0.2, 0.25) is 6.29 Å². The van der Waals surface area contributed by atoms with Crippen LogP contribution in [-0.2, 0) is 47.5 Å². The van der Waals surface area contributed by atoms with E-state index in [0.717, 1.165) is 17.2 Å². The lowest BCUT2D eigenvalue weighted by Gasteiger charge is -2.46. The van der Waals surface area contributed by atoms with Gasteiger partial charge in [-0.15, -0.1) is 0 Å². The fourth-order valence-electron chi connectivity index (χ4n) is 7.27. The van der Waals surface area contributed by atoms with Crippen LogP contribution in [0.25, 0.3) is 12.2 Å². The number of unbranched alkanes of at least 4 members (excludes halogenated alkanes) is 1. The molecule has 16 unspecified atom stereocenters. The Morgan fingerprint density at radius 3 is 1.86 bits per heavy atom. The normalized spacial score (nSPS) is 32.3. The zero-order valence-electron chi connectivity index (χ0n) is 38.4. The van der Waals surface area contributed by atoms with Crippen molar-refractivity contribution in [3.8, 4) is 5.75 Å². The molecule has 0 aliphatic carbocycles. The number of aliphatic hydroxyl groups excluding tert-OH is 8. The number of hydrogen-bond acceptors (Lipinski definition) is 19. The van der Waals surface area contributed by atoms with Crippen molar-refractivity contribution in [2.45, 2.75) is 131 Å². The van der Waals surface area contributed by atoms with E-state index in [1.54, 1.807) is 48.5 Å². The maximum atomic E-state index is 12.4. The van der Waals surface area contributed by atoms with Crippen molar-refractivity contribution in [1.29, 1.82) is 0 Å². The fraction of sp³-hybridized carbons (Fsp3) is 0.460. The molecule has 3 aliphatic rings. The molecule has 5 rings (SSSR count). The van der Waals surface area contributed by atoms with Crippen LogP contribution in [0.5, 0.6) is 5.75 Å². The Kier molecular flexibility index (Phi) is 22.1. The van der Waals surface area contributed by atoms with Gasteiger partial charge in [-0.1, -0.05) is 103 Å². The predicted molar refractivity (Wildman–Crippen MR) is 247 cm³/mol. The molecular formula is C50H62O20. The molecule has 0 radical (unpaired) electrons. The van der Waals surface area contributed by atoms with E-state index in [1.807, 2.05) is 66.8 Å². The van der Waals surface area contributed by atoms with E-state index in [0.29, 0.717) is 12.8 Å². The second-order valence-corrected chi connectivity index (χ2v) is 16.5. The topological polar surface area (TPSA) is 307 Å². The maximum absolute atomic E-state index is 12.4. The summed E-state index contributed by atoms with van der Waals surface area (Å²) in [4.78, 5) is 34.5. The molecule has 3 aliphatic heterocycles. The van der Waals surface area contributed by atoms with Crippen LogP contribution < -0.4 is 4.74 Å². The number of hydrogen-bond donors (Lipinski definition) is 9. The zero-order valence-corrected chi connectivity index (χ0v) is 38.4. The molecule has 0 spiro atoms. The molecule has 20 heteroatoms. The molecule has 0 bridgehead atoms. The molecule has 0 aromatic heterocycles. The summed E-state index contributed by atoms with van der Waals surface area (Å²) in [6, 6.07) is 15.6. The van der Waals surface area contributed by atoms with E-state index in [9.17, 15) is 55.2 Å². The summed E-state index contributed by atoms with van der Waals surface area (Å²) in [5.74, 6) is -2.33. The van der Waals surface area contributed by atoms with Crippen molar-refractivity contribution >= 4 is 30.1 Å². The van der Waals surface area contributed by atoms with Gasteiger partial charge in [-0.25, -0.2) is 9.59 Å². The van der Waals surface area contributed by atoms with Crippen molar-refractivity contribution in [2.24, 2.45) is 0 Å². The van der Waals surface area contributed by atoms with Crippen LogP contribution in [0.15, 0.2) is 115 Å². The largest absolute Gasteiger partial charge is 0.479 e. The number of aliphatic hydroxyl groups is 8. The monoisotopic (exact) mass is 982 g/mol. The van der Waals surface area contributed by atoms with Gasteiger partial charge in [0.05, 0.1) is 12.7 Å². The van der Waals surface area contributed by atoms with Crippen molar-refractivity contribution in [2.75, 3.05) is 13.2 Å². The number of benzene rings is 2. The fourth-order valence-corrected chi connectivity index (χ4v) is 7.27. The van der Waals surface area contributed by atoms with Crippen LogP contribution in [0, 0.1) is 0 Å². The van der Waals surface area contributed by atoms with Crippen LogP contribution in [0.1, 0.15) is 44.2 Å². The third-order valence-corrected chi connectivity index (χ3v) is 11.2. The standard InChI is InChI=1S/C50H62O20/c1-29-38(53)46(70-50-44(59)42(57)39(54)35(69-50)27-63-37(52)26-23-31-17-14-12-15-18-31)45(60)48(65-29)64-28-36-40(55)41(56)43(58)49(68-36)67-33-24-21-32(22-25-33)19-13-10-8-6-4-3-5-7-9-11-16-20-34(47(61)62)66-30(2)51/h3-10,12-15,17-19,21-26,29,34-36,38-46,48-50,53-60H,11,16,20,27-28H2,1-2H3,(H,61,62). The summed E-state index contributed by atoms with van der Waals surface area (Å²) in [6.45, 7) is 1.50. The Morgan fingerprint density at radius 1 is 0.629 bits per heavy atom. The summed E-state index contributed by atoms with van der Waals surface area (Å²) < 4.78 is 44.4. The Balaban J connectivity index is 1.08. The van der Waals surface area contributed by atoms with Gasteiger partial charge in [0.15, 0.2) is 18.7 Å². The Hall–Kier alpha value is -5.43. The summed E-state index contributed by atoms with van der Waals surface area (Å²) in [5.41, 5.74) is 1.53. The number of aliphatic carboxylic acids is 1. The second-order valence-electron chi connectivity index (χ2n) is 16.5. The minimum Gasteiger partial charge on any atom is -0.479 e. The summed E-state index contributed by atoms with van der Waals surface area (Å²) >= 11 is 0. The van der Waals surface area contributed by atoms with Crippen molar-refractivity contribution < 1.29 is 98.2 Å². The lowest BCUT2D eigenvalue weighted by atomic mass is 9.97. The number of esters is 2. The smallest absolute Gasteiger partial charge is 0.345 e. The highest BCUT2D eigenvalue weighted by atomic mass is 16.7. The van der Waals surface area contributed by atoms with E-state index in [2.05, 4.69) is 0 Å². The molecule has 20 nitrogen and oxygen atoms in total. The number of allylic oxidation sites excluding steroid dienone is 9. The maximum Gasteiger partial charge on any atom is 0.345 e. The Bertz CT molecular complexity index is 2120. The van der Waals surface area contributed by atoms with Crippen molar-refractivity contribution in [3.63, 3.8) is 0 Å². The number of carbonyl (C=O) groups excluding carboxylic acids is 2. The first-order chi connectivity index (χ1) is 33.5. The van der Waals surface area contributed by atoms with Gasteiger partial charge < -0.3 is 83.9 Å². The molecule has 16 atom stereocenters. The van der Waals surface area contributed by atoms with Gasteiger partial charge in [0, 0.05) is 13.0 Å². The molecule has 3 heterocycles. The zero-order chi connectivity index (χ0) is 50.7. The highest BCUT2D eigenvalue weighted by Crippen LogP contribution is 2.31. The van der Waals surface area contributed by atoms with Gasteiger partial charge in [0.25, 0.3) is 0 Å². The Labute approximate surface area is 404 Å². The third kappa shape index (κ3) is 16.6. The van der Waals surface area contributed by atoms with Gasteiger partial charge in [-0.3, -0.25) is 4.79 Å². The number of rotatable bonds is 22. The second kappa shape index (κ2) is 27.8. The van der Waals surface area contributed by atoms with Crippen molar-refractivity contribution in [1.82, 2.24) is 0 Å². The van der Waals surface area contributed by atoms with Crippen molar-refractivity contribution in [3.05, 3.63) is 126 Å². The van der Waals surface area contributed by atoms with Gasteiger partial charge in [-0.05, 0) is 55.5 Å². The molecule has 70 heavy (non-hydrogen) atoms. The van der Waals surface area contributed by atoms with Gasteiger partial charge in [0.1, 0.15) is 79.5 Å². The summed E-state index contributed by atoms with van der Waals surface area (Å²) in [7, 11) is 0.